The average Bonchev–Trinajstić information content (AvgIpc) is 2.36. The first-order chi connectivity index (χ1) is 9.60. The first kappa shape index (κ1) is 12.2. The van der Waals surface area contributed by atoms with Crippen molar-refractivity contribution in [1.82, 2.24) is 4.98 Å². The highest BCUT2D eigenvalue weighted by Gasteiger charge is 2.49. The minimum atomic E-state index is -0.984. The summed E-state index contributed by atoms with van der Waals surface area (Å²) in [5.41, 5.74) is 7.43. The molecule has 1 heterocycles. The molecule has 4 saturated carbocycles. The summed E-state index contributed by atoms with van der Waals surface area (Å²) in [4.78, 5) is 15.6. The van der Waals surface area contributed by atoms with Crippen LogP contribution in [-0.4, -0.2) is 16.1 Å². The van der Waals surface area contributed by atoms with Crippen LogP contribution in [0.3, 0.4) is 0 Å². The molecule has 0 saturated heterocycles. The molecule has 0 spiro atoms. The van der Waals surface area contributed by atoms with Gasteiger partial charge < -0.3 is 10.8 Å². The van der Waals surface area contributed by atoms with Gasteiger partial charge in [-0.3, -0.25) is 0 Å². The Hall–Kier alpha value is -1.58. The Morgan fingerprint density at radius 1 is 1.10 bits per heavy atom. The van der Waals surface area contributed by atoms with E-state index in [4.69, 9.17) is 10.8 Å². The predicted octanol–water partition coefficient (Wildman–Crippen LogP) is 2.90. The van der Waals surface area contributed by atoms with Crippen LogP contribution in [0, 0.1) is 23.7 Å². The number of carboxylic acids is 1. The van der Waals surface area contributed by atoms with Crippen molar-refractivity contribution in [1.29, 1.82) is 0 Å². The number of nitrogens with zero attached hydrogens (tertiary/aromatic N) is 1. The number of hydrogen-bond acceptors (Lipinski definition) is 3. The Bertz CT molecular complexity index is 542. The van der Waals surface area contributed by atoms with Gasteiger partial charge in [-0.15, -0.1) is 0 Å². The Labute approximate surface area is 118 Å². The summed E-state index contributed by atoms with van der Waals surface area (Å²) >= 11 is 0. The van der Waals surface area contributed by atoms with Crippen LogP contribution in [0.5, 0.6) is 0 Å². The molecule has 1 aromatic rings. The lowest BCUT2D eigenvalue weighted by atomic mass is 9.51. The van der Waals surface area contributed by atoms with E-state index < -0.39 is 5.97 Å². The summed E-state index contributed by atoms with van der Waals surface area (Å²) in [5, 5.41) is 9.17. The average molecular weight is 272 g/mol. The number of aromatic carboxylic acids is 1. The molecule has 4 bridgehead atoms. The highest BCUT2D eigenvalue weighted by Crippen LogP contribution is 2.59. The third-order valence-corrected chi connectivity index (χ3v) is 5.65. The summed E-state index contributed by atoms with van der Waals surface area (Å²) in [6.07, 6.45) is 6.63. The molecular formula is C16H20N2O2. The monoisotopic (exact) mass is 272 g/mol. The van der Waals surface area contributed by atoms with E-state index in [0.717, 1.165) is 17.5 Å². The van der Waals surface area contributed by atoms with Crippen LogP contribution in [0.2, 0.25) is 0 Å². The molecule has 5 rings (SSSR count). The van der Waals surface area contributed by atoms with Gasteiger partial charge in [0.1, 0.15) is 0 Å². The van der Waals surface area contributed by atoms with E-state index in [-0.39, 0.29) is 5.69 Å². The van der Waals surface area contributed by atoms with Crippen molar-refractivity contribution in [3.63, 3.8) is 0 Å². The molecule has 1 aromatic heterocycles. The van der Waals surface area contributed by atoms with E-state index in [9.17, 15) is 4.79 Å². The summed E-state index contributed by atoms with van der Waals surface area (Å²) < 4.78 is 0. The summed E-state index contributed by atoms with van der Waals surface area (Å²) in [5.74, 6) is 2.67. The van der Waals surface area contributed by atoms with Crippen LogP contribution in [0.15, 0.2) is 12.1 Å². The van der Waals surface area contributed by atoms with E-state index in [0.29, 0.717) is 23.4 Å². The van der Waals surface area contributed by atoms with E-state index in [1.165, 1.54) is 38.2 Å². The van der Waals surface area contributed by atoms with Crippen molar-refractivity contribution < 1.29 is 9.90 Å². The molecule has 4 fully saturated rings. The lowest BCUT2D eigenvalue weighted by Crippen LogP contribution is -2.44. The maximum absolute atomic E-state index is 11.2. The number of nitrogens with two attached hydrogens (primary N) is 1. The fraction of sp³-hybridized carbons (Fsp3) is 0.625. The topological polar surface area (TPSA) is 76.2 Å². The number of aromatic nitrogens is 1. The lowest BCUT2D eigenvalue weighted by Gasteiger charge is -2.54. The third-order valence-electron chi connectivity index (χ3n) is 5.65. The zero-order chi connectivity index (χ0) is 13.9. The standard InChI is InChI=1S/C16H20N2O2/c17-12-6-13(18-14(7-12)16(19)20)15-10-2-8-1-9(4-10)5-11(15)3-8/h6-11,15H,1-5H2,(H2,17,18)(H,19,20). The second kappa shape index (κ2) is 4.21. The zero-order valence-corrected chi connectivity index (χ0v) is 11.5. The highest BCUT2D eigenvalue weighted by atomic mass is 16.4. The van der Waals surface area contributed by atoms with Crippen molar-refractivity contribution >= 4 is 11.7 Å². The Morgan fingerprint density at radius 2 is 1.70 bits per heavy atom. The Balaban J connectivity index is 1.72. The number of pyridine rings is 1. The van der Waals surface area contributed by atoms with Crippen LogP contribution in [-0.2, 0) is 0 Å². The van der Waals surface area contributed by atoms with E-state index >= 15 is 0 Å². The molecule has 20 heavy (non-hydrogen) atoms. The predicted molar refractivity (Wildman–Crippen MR) is 75.4 cm³/mol. The smallest absolute Gasteiger partial charge is 0.354 e. The number of anilines is 1. The van der Waals surface area contributed by atoms with Gasteiger partial charge in [0.05, 0.1) is 0 Å². The number of carbonyl (C=O) groups is 1. The van der Waals surface area contributed by atoms with Gasteiger partial charge in [0.25, 0.3) is 0 Å². The molecule has 0 atom stereocenters. The van der Waals surface area contributed by atoms with Gasteiger partial charge in [0, 0.05) is 17.3 Å². The minimum absolute atomic E-state index is 0.0915. The molecule has 0 radical (unpaired) electrons. The van der Waals surface area contributed by atoms with Crippen LogP contribution in [0.1, 0.15) is 54.2 Å². The molecule has 4 aliphatic rings. The summed E-state index contributed by atoms with van der Waals surface area (Å²) in [6.45, 7) is 0. The Morgan fingerprint density at radius 3 is 2.25 bits per heavy atom. The van der Waals surface area contributed by atoms with Crippen molar-refractivity contribution in [3.05, 3.63) is 23.5 Å². The Kier molecular flexibility index (Phi) is 2.56. The summed E-state index contributed by atoms with van der Waals surface area (Å²) in [7, 11) is 0. The quantitative estimate of drug-likeness (QED) is 0.868. The molecule has 4 nitrogen and oxygen atoms in total. The highest BCUT2D eigenvalue weighted by molar-refractivity contribution is 5.86. The molecule has 4 aliphatic carbocycles. The second-order valence-corrected chi connectivity index (χ2v) is 6.97. The largest absolute Gasteiger partial charge is 0.477 e. The van der Waals surface area contributed by atoms with Crippen molar-refractivity contribution in [2.75, 3.05) is 5.73 Å². The first-order valence-corrected chi connectivity index (χ1v) is 7.61. The van der Waals surface area contributed by atoms with Gasteiger partial charge in [-0.1, -0.05) is 0 Å². The van der Waals surface area contributed by atoms with Gasteiger partial charge in [0.15, 0.2) is 5.69 Å². The van der Waals surface area contributed by atoms with Gasteiger partial charge in [-0.05, 0) is 67.9 Å². The molecule has 4 heteroatoms. The van der Waals surface area contributed by atoms with E-state index in [1.54, 1.807) is 0 Å². The molecule has 0 aliphatic heterocycles. The molecule has 0 aromatic carbocycles. The van der Waals surface area contributed by atoms with Crippen LogP contribution in [0.25, 0.3) is 0 Å². The van der Waals surface area contributed by atoms with E-state index in [2.05, 4.69) is 4.98 Å². The minimum Gasteiger partial charge on any atom is -0.477 e. The molecule has 0 amide bonds. The zero-order valence-electron chi connectivity index (χ0n) is 11.5. The second-order valence-electron chi connectivity index (χ2n) is 6.97. The van der Waals surface area contributed by atoms with Crippen molar-refractivity contribution in [3.8, 4) is 0 Å². The maximum Gasteiger partial charge on any atom is 0.354 e. The molecular weight excluding hydrogens is 252 g/mol. The van der Waals surface area contributed by atoms with Gasteiger partial charge in [-0.2, -0.15) is 0 Å². The van der Waals surface area contributed by atoms with Crippen LogP contribution in [0.4, 0.5) is 5.69 Å². The lowest BCUT2D eigenvalue weighted by molar-refractivity contribution is -0.00422. The number of carboxylic acid groups (broad SMARTS) is 1. The number of nitrogen functional groups attached to an aromatic ring is 1. The fourth-order valence-corrected chi connectivity index (χ4v) is 5.26. The number of rotatable bonds is 2. The molecule has 3 N–H and O–H groups in total. The molecule has 106 valence electrons. The normalized spacial score (nSPS) is 38.1. The van der Waals surface area contributed by atoms with Crippen LogP contribution >= 0.6 is 0 Å². The summed E-state index contributed by atoms with van der Waals surface area (Å²) in [6, 6.07) is 3.36. The van der Waals surface area contributed by atoms with Crippen molar-refractivity contribution in [2.45, 2.75) is 38.0 Å². The van der Waals surface area contributed by atoms with E-state index in [1.807, 2.05) is 6.07 Å². The van der Waals surface area contributed by atoms with Gasteiger partial charge in [0.2, 0.25) is 0 Å². The SMILES string of the molecule is Nc1cc(C(=O)O)nc(C2C3CC4CC(C3)CC2C4)c1. The molecule has 0 unspecified atom stereocenters. The van der Waals surface area contributed by atoms with Gasteiger partial charge >= 0.3 is 5.97 Å². The third kappa shape index (κ3) is 1.81. The maximum atomic E-state index is 11.2. The fourth-order valence-electron chi connectivity index (χ4n) is 5.26. The van der Waals surface area contributed by atoms with Crippen LogP contribution < -0.4 is 5.73 Å². The van der Waals surface area contributed by atoms with Gasteiger partial charge in [-0.25, -0.2) is 9.78 Å². The van der Waals surface area contributed by atoms with Crippen molar-refractivity contribution in [2.24, 2.45) is 23.7 Å². The first-order valence-electron chi connectivity index (χ1n) is 7.61. The number of hydrogen-bond donors (Lipinski definition) is 2.